The van der Waals surface area contributed by atoms with Crippen LogP contribution in [0.25, 0.3) is 11.0 Å². The number of piperidine rings is 1. The predicted molar refractivity (Wildman–Crippen MR) is 112 cm³/mol. The second kappa shape index (κ2) is 9.19. The maximum absolute atomic E-state index is 12.8. The van der Waals surface area contributed by atoms with E-state index < -0.39 is 0 Å². The summed E-state index contributed by atoms with van der Waals surface area (Å²) >= 11 is 0. The summed E-state index contributed by atoms with van der Waals surface area (Å²) in [5, 5.41) is 0. The van der Waals surface area contributed by atoms with Crippen molar-refractivity contribution in [1.82, 2.24) is 19.8 Å². The van der Waals surface area contributed by atoms with Crippen LogP contribution in [0.3, 0.4) is 0 Å². The summed E-state index contributed by atoms with van der Waals surface area (Å²) < 4.78 is 5.06. The van der Waals surface area contributed by atoms with Gasteiger partial charge < -0.3 is 14.5 Å². The molecule has 2 heterocycles. The van der Waals surface area contributed by atoms with Crippen molar-refractivity contribution < 1.29 is 19.1 Å². The highest BCUT2D eigenvalue weighted by molar-refractivity contribution is 5.98. The Morgan fingerprint density at radius 2 is 1.73 bits per heavy atom. The molecule has 8 nitrogen and oxygen atoms in total. The largest absolute Gasteiger partial charge is 0.466 e. The molecule has 3 rings (SSSR count). The molecule has 0 aliphatic carbocycles. The van der Waals surface area contributed by atoms with Gasteiger partial charge in [0, 0.05) is 25.7 Å². The van der Waals surface area contributed by atoms with Gasteiger partial charge in [0.25, 0.3) is 5.91 Å². The number of likely N-dealkylation sites (tertiary alicyclic amines) is 1. The van der Waals surface area contributed by atoms with E-state index in [1.54, 1.807) is 37.1 Å². The summed E-state index contributed by atoms with van der Waals surface area (Å²) in [6.45, 7) is 6.91. The third-order valence-corrected chi connectivity index (χ3v) is 5.51. The zero-order valence-corrected chi connectivity index (χ0v) is 18.0. The molecule has 0 spiro atoms. The van der Waals surface area contributed by atoms with Crippen LogP contribution in [0.5, 0.6) is 0 Å². The number of aromatic nitrogens is 2. The lowest BCUT2D eigenvalue weighted by molar-refractivity contribution is -0.151. The number of likely N-dealkylation sites (N-methyl/N-ethyl adjacent to an activating group) is 1. The number of rotatable bonds is 5. The van der Waals surface area contributed by atoms with Gasteiger partial charge in [0.15, 0.2) is 0 Å². The fraction of sp³-hybridized carbons (Fsp3) is 0.500. The first-order chi connectivity index (χ1) is 14.3. The van der Waals surface area contributed by atoms with Gasteiger partial charge in [-0.2, -0.15) is 0 Å². The maximum atomic E-state index is 12.8. The number of ether oxygens (including phenoxy) is 1. The lowest BCUT2D eigenvalue weighted by atomic mass is 9.97. The number of hydrogen-bond acceptors (Lipinski definition) is 6. The average Bonchev–Trinajstić information content (AvgIpc) is 2.74. The minimum Gasteiger partial charge on any atom is -0.466 e. The van der Waals surface area contributed by atoms with Crippen LogP contribution in [0.1, 0.15) is 41.5 Å². The molecule has 160 valence electrons. The van der Waals surface area contributed by atoms with E-state index in [0.29, 0.717) is 43.6 Å². The number of benzene rings is 1. The van der Waals surface area contributed by atoms with Gasteiger partial charge in [0.2, 0.25) is 5.91 Å². The molecule has 2 amide bonds. The van der Waals surface area contributed by atoms with Gasteiger partial charge >= 0.3 is 5.97 Å². The molecule has 1 aliphatic heterocycles. The van der Waals surface area contributed by atoms with Crippen molar-refractivity contribution >= 4 is 28.8 Å². The number of esters is 1. The molecule has 1 saturated heterocycles. The number of nitrogens with zero attached hydrogens (tertiary/aromatic N) is 4. The van der Waals surface area contributed by atoms with Crippen LogP contribution in [0, 0.1) is 19.8 Å². The Balaban J connectivity index is 1.60. The number of carbonyl (C=O) groups excluding carboxylic acids is 3. The first kappa shape index (κ1) is 21.7. The Hall–Kier alpha value is -3.03. The lowest BCUT2D eigenvalue weighted by Crippen LogP contribution is -2.45. The quantitative estimate of drug-likeness (QED) is 0.699. The van der Waals surface area contributed by atoms with Gasteiger partial charge in [-0.25, -0.2) is 9.97 Å². The zero-order chi connectivity index (χ0) is 21.8. The Kier molecular flexibility index (Phi) is 6.64. The van der Waals surface area contributed by atoms with E-state index in [0.717, 1.165) is 16.9 Å². The summed E-state index contributed by atoms with van der Waals surface area (Å²) in [5.41, 5.74) is 3.54. The Morgan fingerprint density at radius 3 is 2.37 bits per heavy atom. The fourth-order valence-electron chi connectivity index (χ4n) is 3.58. The lowest BCUT2D eigenvalue weighted by Gasteiger charge is -2.32. The van der Waals surface area contributed by atoms with Crippen molar-refractivity contribution in [3.05, 3.63) is 35.2 Å². The van der Waals surface area contributed by atoms with E-state index in [-0.39, 0.29) is 30.2 Å². The minimum atomic E-state index is -0.244. The van der Waals surface area contributed by atoms with Crippen LogP contribution in [-0.4, -0.2) is 70.8 Å². The van der Waals surface area contributed by atoms with Crippen LogP contribution >= 0.6 is 0 Å². The van der Waals surface area contributed by atoms with Gasteiger partial charge in [-0.05, 0) is 51.8 Å². The SMILES string of the molecule is CCOC(=O)C1CCN(C(=O)CN(C)C(=O)c2ccc3nc(C)c(C)nc3c2)CC1. The van der Waals surface area contributed by atoms with E-state index in [9.17, 15) is 14.4 Å². The highest BCUT2D eigenvalue weighted by Crippen LogP contribution is 2.19. The molecule has 0 saturated carbocycles. The normalized spacial score (nSPS) is 14.6. The molecule has 0 atom stereocenters. The van der Waals surface area contributed by atoms with Crippen LogP contribution in [-0.2, 0) is 14.3 Å². The van der Waals surface area contributed by atoms with Crippen molar-refractivity contribution in [1.29, 1.82) is 0 Å². The smallest absolute Gasteiger partial charge is 0.309 e. The molecule has 0 unspecified atom stereocenters. The van der Waals surface area contributed by atoms with Gasteiger partial charge in [0.1, 0.15) is 0 Å². The van der Waals surface area contributed by atoms with Crippen LogP contribution < -0.4 is 0 Å². The number of fused-ring (bicyclic) bond motifs is 1. The first-order valence-electron chi connectivity index (χ1n) is 10.2. The zero-order valence-electron chi connectivity index (χ0n) is 18.0. The molecule has 30 heavy (non-hydrogen) atoms. The standard InChI is InChI=1S/C22H28N4O4/c1-5-30-22(29)16-8-10-26(11-9-16)20(27)13-25(4)21(28)17-6-7-18-19(12-17)24-15(3)14(2)23-18/h6-7,12,16H,5,8-11,13H2,1-4H3. The van der Waals surface area contributed by atoms with Gasteiger partial charge in [-0.15, -0.1) is 0 Å². The molecular formula is C22H28N4O4. The number of hydrogen-bond donors (Lipinski definition) is 0. The van der Waals surface area contributed by atoms with Crippen molar-refractivity contribution in [2.45, 2.75) is 33.6 Å². The molecule has 0 bridgehead atoms. The second-order valence-electron chi connectivity index (χ2n) is 7.67. The van der Waals surface area contributed by atoms with Gasteiger partial charge in [0.05, 0.1) is 41.5 Å². The van der Waals surface area contributed by atoms with Gasteiger partial charge in [-0.1, -0.05) is 0 Å². The molecule has 1 aromatic carbocycles. The number of carbonyl (C=O) groups is 3. The van der Waals surface area contributed by atoms with Crippen molar-refractivity contribution in [2.75, 3.05) is 33.3 Å². The second-order valence-corrected chi connectivity index (χ2v) is 7.67. The topological polar surface area (TPSA) is 92.7 Å². The molecular weight excluding hydrogens is 384 g/mol. The molecule has 0 N–H and O–H groups in total. The summed E-state index contributed by atoms with van der Waals surface area (Å²) in [6, 6.07) is 5.20. The third-order valence-electron chi connectivity index (χ3n) is 5.51. The highest BCUT2D eigenvalue weighted by Gasteiger charge is 2.29. The van der Waals surface area contributed by atoms with Crippen LogP contribution in [0.2, 0.25) is 0 Å². The minimum absolute atomic E-state index is 0.0143. The Morgan fingerprint density at radius 1 is 1.10 bits per heavy atom. The van der Waals surface area contributed by atoms with E-state index in [2.05, 4.69) is 9.97 Å². The van der Waals surface area contributed by atoms with Crippen molar-refractivity contribution in [3.63, 3.8) is 0 Å². The van der Waals surface area contributed by atoms with E-state index in [4.69, 9.17) is 4.74 Å². The molecule has 2 aromatic rings. The Labute approximate surface area is 176 Å². The monoisotopic (exact) mass is 412 g/mol. The molecule has 0 radical (unpaired) electrons. The van der Waals surface area contributed by atoms with E-state index in [1.165, 1.54) is 4.90 Å². The molecule has 8 heteroatoms. The third kappa shape index (κ3) is 4.75. The first-order valence-corrected chi connectivity index (χ1v) is 10.2. The summed E-state index contributed by atoms with van der Waals surface area (Å²) in [5.74, 6) is -0.715. The summed E-state index contributed by atoms with van der Waals surface area (Å²) in [7, 11) is 1.61. The summed E-state index contributed by atoms with van der Waals surface area (Å²) in [6.07, 6.45) is 1.18. The van der Waals surface area contributed by atoms with Crippen LogP contribution in [0.15, 0.2) is 18.2 Å². The molecule has 1 aliphatic rings. The molecule has 1 aromatic heterocycles. The van der Waals surface area contributed by atoms with Crippen molar-refractivity contribution in [3.8, 4) is 0 Å². The average molecular weight is 412 g/mol. The van der Waals surface area contributed by atoms with E-state index in [1.807, 2.05) is 13.8 Å². The highest BCUT2D eigenvalue weighted by atomic mass is 16.5. The van der Waals surface area contributed by atoms with Gasteiger partial charge in [-0.3, -0.25) is 14.4 Å². The number of amides is 2. The van der Waals surface area contributed by atoms with E-state index >= 15 is 0 Å². The molecule has 1 fully saturated rings. The summed E-state index contributed by atoms with van der Waals surface area (Å²) in [4.78, 5) is 49.4. The van der Waals surface area contributed by atoms with Crippen LogP contribution in [0.4, 0.5) is 0 Å². The fourth-order valence-corrected chi connectivity index (χ4v) is 3.58. The van der Waals surface area contributed by atoms with Crippen molar-refractivity contribution in [2.24, 2.45) is 5.92 Å². The number of aryl methyl sites for hydroxylation is 2. The maximum Gasteiger partial charge on any atom is 0.309 e. The Bertz CT molecular complexity index is 967. The predicted octanol–water partition coefficient (Wildman–Crippen LogP) is 2.12.